The van der Waals surface area contributed by atoms with E-state index < -0.39 is 336 Å². The van der Waals surface area contributed by atoms with Gasteiger partial charge in [-0.1, -0.05) is 42.0 Å². The summed E-state index contributed by atoms with van der Waals surface area (Å²) in [6.07, 6.45) is -88.4. The largest absolute Gasteiger partial charge is 0.462 e. The van der Waals surface area contributed by atoms with Crippen LogP contribution < -0.4 is 9.62 Å². The third kappa shape index (κ3) is 19.2. The Kier molecular flexibility index (Phi) is 30.6. The van der Waals surface area contributed by atoms with Crippen molar-refractivity contribution in [3.8, 4) is 0 Å². The van der Waals surface area contributed by atoms with Gasteiger partial charge in [0.1, 0.15) is 208 Å². The zero-order chi connectivity index (χ0) is 85.6. The van der Waals surface area contributed by atoms with Gasteiger partial charge >= 0.3 is 5.97 Å². The van der Waals surface area contributed by atoms with Crippen molar-refractivity contribution in [2.45, 2.75) is 262 Å². The van der Waals surface area contributed by atoms with Gasteiger partial charge in [0.2, 0.25) is 10.0 Å². The van der Waals surface area contributed by atoms with Crippen molar-refractivity contribution in [1.82, 2.24) is 4.72 Å². The first-order valence-electron chi connectivity index (χ1n) is 37.3. The highest BCUT2D eigenvalue weighted by atomic mass is 32.2. The maximum atomic E-state index is 13.9. The molecular formula is C69H100N2O45S2. The van der Waals surface area contributed by atoms with Crippen LogP contribution in [0.15, 0.2) is 70.5 Å². The van der Waals surface area contributed by atoms with Crippen LogP contribution in [0.5, 0.6) is 0 Å². The molecule has 3 aromatic rings. The normalized spacial score (nSPS) is 44.5. The van der Waals surface area contributed by atoms with Crippen molar-refractivity contribution in [3.63, 3.8) is 0 Å². The van der Waals surface area contributed by atoms with Crippen molar-refractivity contribution >= 4 is 42.6 Å². The van der Waals surface area contributed by atoms with Crippen LogP contribution in [-0.4, -0.2) is 454 Å². The molecule has 668 valence electrons. The maximum Gasteiger partial charge on any atom is 0.321 e. The van der Waals surface area contributed by atoms with Gasteiger partial charge in [-0.3, -0.25) is 8.98 Å². The summed E-state index contributed by atoms with van der Waals surface area (Å²) in [7, 11) is -5.94. The Morgan fingerprint density at radius 2 is 0.610 bits per heavy atom. The van der Waals surface area contributed by atoms with Gasteiger partial charge in [-0.05, 0) is 31.2 Å². The lowest BCUT2D eigenvalue weighted by atomic mass is 9.94. The van der Waals surface area contributed by atoms with E-state index in [4.69, 9.17) is 84.7 Å². The van der Waals surface area contributed by atoms with Crippen LogP contribution >= 0.6 is 0 Å². The van der Waals surface area contributed by atoms with E-state index in [-0.39, 0.29) is 10.3 Å². The molecule has 49 heteroatoms. The Hall–Kier alpha value is -4.51. The first kappa shape index (κ1) is 92.7. The molecule has 16 bridgehead atoms. The highest BCUT2D eigenvalue weighted by molar-refractivity contribution is 7.89. The maximum absolute atomic E-state index is 13.9. The number of aliphatic hydroxyl groups excluding tert-OH is 22. The number of anilines is 1. The number of carbonyl (C=O) groups is 1. The number of esters is 1. The molecule has 0 saturated carbocycles. The number of ether oxygens (including phenoxy) is 17. The minimum atomic E-state index is -4.83. The highest BCUT2D eigenvalue weighted by Crippen LogP contribution is 2.41. The standard InChI is InChI=1S/C69H100N2O45S2/c1-23-10-12-24(13-11-23)118(97,98)100-22-35-61-45(86)53(94)69(108-35)114-59-32(19-76)104-65(49(90)41(59)82)111-56-30(17-74)102-63(47(88)39(56)80)109-54-28(15-72)101-62(46(87)38(54)79)110-55-29(16-73)103-64(48(89)40(55)81)112-57-31(18-75)105-66(50(91)42(57)83)115-60-34(107-68(52(93)44(60)85)113-58-33(20-77)106-67(116-61)51(92)43(58)84)21-99-37(78)14-70-117(95,96)36-9-5-6-25-26(36)7-4-8-27(25)71(2)3/h4-13,28-35,38-70,72-77,79-94H,14-22H2,1-3H3/t28-,29+,30-,31+,32-,33+,34+,35-,38+,39+,40+,41+,42-,43+,44+,45+,46+,47+,48-,49+,50+,51-,52+,53+,54+,55+,56+,57+,58+,59+,60+,61+,62+,63+,64+,65+,66+,67+,68+,69+/m0/s1. The van der Waals surface area contributed by atoms with Crippen LogP contribution in [0.2, 0.25) is 0 Å². The molecule has 0 radical (unpaired) electrons. The number of hydrogen-bond donors (Lipinski definition) is 23. The molecule has 30 heterocycles. The minimum Gasteiger partial charge on any atom is -0.462 e. The van der Waals surface area contributed by atoms with E-state index in [9.17, 15) is 134 Å². The molecule has 30 aliphatic rings. The molecule has 30 fully saturated rings. The van der Waals surface area contributed by atoms with Crippen LogP contribution in [0, 0.1) is 6.92 Å². The van der Waals surface area contributed by atoms with Crippen molar-refractivity contribution in [1.29, 1.82) is 0 Å². The van der Waals surface area contributed by atoms with Gasteiger partial charge in [0, 0.05) is 30.6 Å². The second-order valence-corrected chi connectivity index (χ2v) is 33.0. The summed E-state index contributed by atoms with van der Waals surface area (Å²) in [5.41, 5.74) is 1.25. The molecule has 0 spiro atoms. The van der Waals surface area contributed by atoms with E-state index in [0.717, 1.165) is 12.1 Å². The van der Waals surface area contributed by atoms with E-state index in [1.165, 1.54) is 30.3 Å². The predicted molar refractivity (Wildman–Crippen MR) is 376 cm³/mol. The van der Waals surface area contributed by atoms with Gasteiger partial charge in [-0.2, -0.15) is 13.1 Å². The third-order valence-corrected chi connectivity index (χ3v) is 24.4. The lowest BCUT2D eigenvalue weighted by molar-refractivity contribution is -0.404. The van der Waals surface area contributed by atoms with E-state index in [0.29, 0.717) is 16.6 Å². The summed E-state index contributed by atoms with van der Waals surface area (Å²) in [5.74, 6) is -1.36. The summed E-state index contributed by atoms with van der Waals surface area (Å²) < 4.78 is 162. The van der Waals surface area contributed by atoms with Gasteiger partial charge in [0.15, 0.2) is 50.3 Å². The van der Waals surface area contributed by atoms with Crippen molar-refractivity contribution in [3.05, 3.63) is 66.2 Å². The molecule has 0 amide bonds. The number of sulfonamides is 1. The summed E-state index contributed by atoms with van der Waals surface area (Å²) in [6.45, 7) is -8.90. The number of aliphatic hydroxyl groups is 22. The molecule has 30 aliphatic heterocycles. The number of rotatable bonds is 17. The van der Waals surface area contributed by atoms with Crippen LogP contribution in [0.1, 0.15) is 5.56 Å². The average Bonchev–Trinajstić information content (AvgIpc) is 0.777. The van der Waals surface area contributed by atoms with Crippen LogP contribution in [0.4, 0.5) is 5.69 Å². The molecule has 30 saturated heterocycles. The first-order chi connectivity index (χ1) is 56.0. The number of fused-ring (bicyclic) bond motifs is 1. The lowest BCUT2D eigenvalue weighted by Gasteiger charge is -2.50. The zero-order valence-electron chi connectivity index (χ0n) is 62.7. The Morgan fingerprint density at radius 3 is 0.898 bits per heavy atom. The number of carbonyl (C=O) groups excluding carboxylic acids is 1. The quantitative estimate of drug-likeness (QED) is 0.0441. The molecular weight excluding hydrogens is 1640 g/mol. The Balaban J connectivity index is 0.844. The third-order valence-electron chi connectivity index (χ3n) is 21.7. The Morgan fingerprint density at radius 1 is 0.347 bits per heavy atom. The molecule has 0 aliphatic carbocycles. The SMILES string of the molecule is Cc1ccc(S(=O)(=O)OC[C@@H]2O[C@@H]3O[C@H]4[C@H](O)[C@@H](O)[C@@H](O[C@H]5[C@H](O)[C@@H](O)[C@@H](O[C@H]6[C@H](O)[C@@H](O)[C@@H](O[C@H]7[C@H](O)[C@H](O)[C@@H](O[C@H]8[C@@H](O)[C@@H](O)[C@@H](O[C@H]9[C@H](O)[C@@H](O)[C@@H](O[C@H]%10[C@H](O)[C@H](O)[C@@H](O[C@H]2[C@H](O)[C@H]3O)O[C@@H]%10CO)O[C@@H]9COC(=O)CNS(=O)(=O)c2cccc3c(N(C)C)cccc23)O[C@@H]8CO)O[C@@H]7CO)O[C@H]6CO)O[C@H]5CO)O[C@H]4CO)cc1. The predicted octanol–water partition coefficient (Wildman–Crippen LogP) is -13.9. The molecule has 33 rings (SSSR count). The minimum absolute atomic E-state index is 0.252. The fourth-order valence-corrected chi connectivity index (χ4v) is 17.3. The molecule has 118 heavy (non-hydrogen) atoms. The molecule has 40 atom stereocenters. The fraction of sp³-hybridized carbons (Fsp3) is 0.754. The van der Waals surface area contributed by atoms with Gasteiger partial charge in [0.05, 0.1) is 56.0 Å². The molecule has 47 nitrogen and oxygen atoms in total. The van der Waals surface area contributed by atoms with Crippen molar-refractivity contribution < 1.29 is 219 Å². The summed E-state index contributed by atoms with van der Waals surface area (Å²) in [5, 5.41) is 253. The lowest BCUT2D eigenvalue weighted by Crippen LogP contribution is -2.69. The number of benzene rings is 3. The van der Waals surface area contributed by atoms with Crippen LogP contribution in [0.25, 0.3) is 10.8 Å². The van der Waals surface area contributed by atoms with Crippen molar-refractivity contribution in [2.24, 2.45) is 0 Å². The fourth-order valence-electron chi connectivity index (χ4n) is 15.2. The first-order valence-corrected chi connectivity index (χ1v) is 40.2. The summed E-state index contributed by atoms with van der Waals surface area (Å²) in [4.78, 5) is 14.8. The van der Waals surface area contributed by atoms with Gasteiger partial charge in [-0.25, -0.2) is 8.42 Å². The van der Waals surface area contributed by atoms with Crippen LogP contribution in [0.3, 0.4) is 0 Å². The van der Waals surface area contributed by atoms with E-state index in [1.807, 2.05) is 0 Å². The smallest absolute Gasteiger partial charge is 0.321 e. The molecule has 0 aromatic heterocycles. The number of aryl methyl sites for hydroxylation is 1. The topological polar surface area (TPSA) is 712 Å². The Bertz CT molecular complexity index is 3990. The second-order valence-electron chi connectivity index (χ2n) is 29.7. The van der Waals surface area contributed by atoms with Crippen molar-refractivity contribution in [2.75, 3.05) is 78.4 Å². The number of nitrogens with one attached hydrogen (secondary N) is 1. The van der Waals surface area contributed by atoms with E-state index in [2.05, 4.69) is 4.72 Å². The summed E-state index contributed by atoms with van der Waals surface area (Å²) in [6, 6.07) is 14.4. The molecule has 23 N–H and O–H groups in total. The highest BCUT2D eigenvalue weighted by Gasteiger charge is 2.61. The van der Waals surface area contributed by atoms with Gasteiger partial charge in [-0.15, -0.1) is 0 Å². The monoisotopic (exact) mass is 1740 g/mol. The number of hydrogen-bond acceptors (Lipinski definition) is 46. The zero-order valence-corrected chi connectivity index (χ0v) is 64.4. The van der Waals surface area contributed by atoms with E-state index >= 15 is 0 Å². The van der Waals surface area contributed by atoms with Crippen LogP contribution in [-0.2, 0) is 110 Å². The Labute approximate surface area is 670 Å². The van der Waals surface area contributed by atoms with Gasteiger partial charge < -0.3 is 198 Å². The van der Waals surface area contributed by atoms with Gasteiger partial charge in [0.25, 0.3) is 10.1 Å². The second kappa shape index (κ2) is 38.9. The average molecular weight is 1740 g/mol. The van der Waals surface area contributed by atoms with E-state index in [1.54, 1.807) is 44.1 Å². The summed E-state index contributed by atoms with van der Waals surface area (Å²) >= 11 is 0. The molecule has 3 aromatic carbocycles. The molecule has 0 unspecified atom stereocenters. The number of nitrogens with zero attached hydrogens (tertiary/aromatic N) is 1.